The monoisotopic (exact) mass is 371 g/mol. The van der Waals surface area contributed by atoms with E-state index < -0.39 is 5.41 Å². The first-order valence-electron chi connectivity index (χ1n) is 9.70. The molecule has 2 N–H and O–H groups in total. The first-order chi connectivity index (χ1) is 13.6. The largest absolute Gasteiger partial charge is 0.369 e. The van der Waals surface area contributed by atoms with Gasteiger partial charge in [-0.1, -0.05) is 54.6 Å². The van der Waals surface area contributed by atoms with E-state index in [0.717, 1.165) is 25.1 Å². The van der Waals surface area contributed by atoms with Crippen LogP contribution in [0.3, 0.4) is 0 Å². The van der Waals surface area contributed by atoms with Gasteiger partial charge in [0.25, 0.3) is 0 Å². The molecule has 4 rings (SSSR count). The van der Waals surface area contributed by atoms with Crippen molar-refractivity contribution in [1.29, 1.82) is 0 Å². The second kappa shape index (κ2) is 7.95. The smallest absolute Gasteiger partial charge is 0.225 e. The molecular formula is C24H25N3O. The summed E-state index contributed by atoms with van der Waals surface area (Å²) in [7, 11) is 0. The lowest BCUT2D eigenvalue weighted by Crippen LogP contribution is -2.41. The molecule has 1 fully saturated rings. The zero-order chi connectivity index (χ0) is 19.4. The number of rotatable bonds is 6. The zero-order valence-corrected chi connectivity index (χ0v) is 15.9. The van der Waals surface area contributed by atoms with Gasteiger partial charge in [0.15, 0.2) is 0 Å². The van der Waals surface area contributed by atoms with Gasteiger partial charge < -0.3 is 5.73 Å². The Morgan fingerprint density at radius 3 is 2.29 bits per heavy atom. The maximum atomic E-state index is 12.4. The number of likely N-dealkylation sites (tertiary alicyclic amines) is 1. The Kier molecular flexibility index (Phi) is 5.22. The van der Waals surface area contributed by atoms with Crippen LogP contribution in [0.4, 0.5) is 0 Å². The summed E-state index contributed by atoms with van der Waals surface area (Å²) in [4.78, 5) is 18.8. The van der Waals surface area contributed by atoms with E-state index in [1.165, 1.54) is 16.7 Å². The van der Waals surface area contributed by atoms with Gasteiger partial charge in [0.1, 0.15) is 0 Å². The fourth-order valence-electron chi connectivity index (χ4n) is 4.11. The van der Waals surface area contributed by atoms with Crippen LogP contribution in [0.2, 0.25) is 0 Å². The minimum absolute atomic E-state index is 0.197. The molecule has 0 saturated carbocycles. The first kappa shape index (κ1) is 18.4. The predicted octanol–water partition coefficient (Wildman–Crippen LogP) is 3.67. The highest BCUT2D eigenvalue weighted by atomic mass is 16.1. The lowest BCUT2D eigenvalue weighted by Gasteiger charge is -2.26. The van der Waals surface area contributed by atoms with Crippen LogP contribution >= 0.6 is 0 Å². The third-order valence-electron chi connectivity index (χ3n) is 5.71. The number of pyridine rings is 1. The van der Waals surface area contributed by atoms with Crippen LogP contribution in [-0.4, -0.2) is 28.9 Å². The van der Waals surface area contributed by atoms with E-state index in [0.29, 0.717) is 13.0 Å². The summed E-state index contributed by atoms with van der Waals surface area (Å²) < 4.78 is 0. The normalized spacial score (nSPS) is 19.6. The number of nitrogens with two attached hydrogens (primary N) is 1. The molecule has 142 valence electrons. The number of primary amides is 1. The molecule has 3 aromatic rings. The van der Waals surface area contributed by atoms with Crippen molar-refractivity contribution in [3.63, 3.8) is 0 Å². The van der Waals surface area contributed by atoms with E-state index >= 15 is 0 Å². The molecule has 1 aliphatic heterocycles. The van der Waals surface area contributed by atoms with Gasteiger partial charge in [-0.3, -0.25) is 14.7 Å². The van der Waals surface area contributed by atoms with Crippen LogP contribution in [0.25, 0.3) is 11.1 Å². The van der Waals surface area contributed by atoms with Crippen molar-refractivity contribution in [3.05, 3.63) is 90.3 Å². The minimum Gasteiger partial charge on any atom is -0.369 e. The molecule has 1 amide bonds. The lowest BCUT2D eigenvalue weighted by molar-refractivity contribution is -0.127. The summed E-state index contributed by atoms with van der Waals surface area (Å²) in [5, 5.41) is 0. The quantitative estimate of drug-likeness (QED) is 0.719. The number of benzene rings is 2. The van der Waals surface area contributed by atoms with Gasteiger partial charge in [-0.15, -0.1) is 0 Å². The number of hydrogen-bond acceptors (Lipinski definition) is 3. The van der Waals surface area contributed by atoms with Crippen LogP contribution in [0.15, 0.2) is 79.1 Å². The molecule has 2 aromatic carbocycles. The average Bonchev–Trinajstić information content (AvgIpc) is 3.14. The van der Waals surface area contributed by atoms with Crippen molar-refractivity contribution < 1.29 is 4.79 Å². The Labute approximate surface area is 166 Å². The number of amides is 1. The van der Waals surface area contributed by atoms with E-state index in [1.54, 1.807) is 12.4 Å². The molecule has 4 nitrogen and oxygen atoms in total. The molecule has 4 heteroatoms. The summed E-state index contributed by atoms with van der Waals surface area (Å²) in [6, 6.07) is 22.9. The molecule has 1 aliphatic rings. The second-order valence-electron chi connectivity index (χ2n) is 7.70. The summed E-state index contributed by atoms with van der Waals surface area (Å²) in [6.45, 7) is 2.41. The topological polar surface area (TPSA) is 59.2 Å². The van der Waals surface area contributed by atoms with E-state index in [4.69, 9.17) is 5.73 Å². The molecule has 1 unspecified atom stereocenters. The summed E-state index contributed by atoms with van der Waals surface area (Å²) in [5.74, 6) is -0.197. The number of hydrogen-bond donors (Lipinski definition) is 1. The zero-order valence-electron chi connectivity index (χ0n) is 15.9. The molecule has 0 radical (unpaired) electrons. The Bertz CT molecular complexity index is 925. The van der Waals surface area contributed by atoms with Gasteiger partial charge in [0.2, 0.25) is 5.91 Å². The molecule has 1 saturated heterocycles. The molecule has 2 heterocycles. The highest BCUT2D eigenvalue weighted by Crippen LogP contribution is 2.35. The lowest BCUT2D eigenvalue weighted by atomic mass is 9.80. The molecule has 1 aromatic heterocycles. The van der Waals surface area contributed by atoms with Crippen molar-refractivity contribution in [2.24, 2.45) is 11.1 Å². The molecule has 0 spiro atoms. The molecule has 28 heavy (non-hydrogen) atoms. The number of nitrogens with zero attached hydrogens (tertiary/aromatic N) is 2. The maximum Gasteiger partial charge on any atom is 0.225 e. The number of aromatic nitrogens is 1. The van der Waals surface area contributed by atoms with Crippen LogP contribution in [0, 0.1) is 5.41 Å². The Morgan fingerprint density at radius 1 is 0.929 bits per heavy atom. The van der Waals surface area contributed by atoms with Crippen LogP contribution in [0.5, 0.6) is 0 Å². The predicted molar refractivity (Wildman–Crippen MR) is 111 cm³/mol. The van der Waals surface area contributed by atoms with Crippen LogP contribution in [0.1, 0.15) is 17.5 Å². The van der Waals surface area contributed by atoms with Crippen molar-refractivity contribution in [2.75, 3.05) is 13.1 Å². The highest BCUT2D eigenvalue weighted by Gasteiger charge is 2.43. The third-order valence-corrected chi connectivity index (χ3v) is 5.71. The molecule has 1 atom stereocenters. The summed E-state index contributed by atoms with van der Waals surface area (Å²) >= 11 is 0. The summed E-state index contributed by atoms with van der Waals surface area (Å²) in [5.41, 5.74) is 10.1. The Balaban J connectivity index is 1.47. The molecule has 0 bridgehead atoms. The van der Waals surface area contributed by atoms with Crippen molar-refractivity contribution >= 4 is 5.91 Å². The third kappa shape index (κ3) is 3.97. The van der Waals surface area contributed by atoms with Gasteiger partial charge in [0.05, 0.1) is 5.41 Å². The van der Waals surface area contributed by atoms with Gasteiger partial charge in [-0.05, 0) is 53.8 Å². The second-order valence-corrected chi connectivity index (χ2v) is 7.70. The Hall–Kier alpha value is -2.98. The van der Waals surface area contributed by atoms with Crippen molar-refractivity contribution in [2.45, 2.75) is 19.4 Å². The van der Waals surface area contributed by atoms with E-state index in [2.05, 4.69) is 46.3 Å². The Morgan fingerprint density at radius 2 is 1.61 bits per heavy atom. The number of carbonyl (C=O) groups excluding carboxylic acids is 1. The molecule has 0 aliphatic carbocycles. The minimum atomic E-state index is -0.499. The van der Waals surface area contributed by atoms with Crippen LogP contribution < -0.4 is 5.73 Å². The maximum absolute atomic E-state index is 12.4. The van der Waals surface area contributed by atoms with E-state index in [9.17, 15) is 4.79 Å². The number of carbonyl (C=O) groups is 1. The van der Waals surface area contributed by atoms with Crippen LogP contribution in [-0.2, 0) is 17.8 Å². The van der Waals surface area contributed by atoms with Gasteiger partial charge in [-0.25, -0.2) is 0 Å². The van der Waals surface area contributed by atoms with E-state index in [-0.39, 0.29) is 5.91 Å². The van der Waals surface area contributed by atoms with Gasteiger partial charge >= 0.3 is 0 Å². The molecular weight excluding hydrogens is 346 g/mol. The van der Waals surface area contributed by atoms with Crippen molar-refractivity contribution in [1.82, 2.24) is 9.88 Å². The highest BCUT2D eigenvalue weighted by molar-refractivity contribution is 5.82. The first-order valence-corrected chi connectivity index (χ1v) is 9.70. The average molecular weight is 371 g/mol. The van der Waals surface area contributed by atoms with Gasteiger partial charge in [0, 0.05) is 25.5 Å². The fourth-order valence-corrected chi connectivity index (χ4v) is 4.11. The summed E-state index contributed by atoms with van der Waals surface area (Å²) in [6.07, 6.45) is 5.10. The van der Waals surface area contributed by atoms with Crippen molar-refractivity contribution in [3.8, 4) is 11.1 Å². The standard InChI is InChI=1S/C24H25N3O/c25-23(28)24(12-15-27(18-24)17-20-10-13-26-14-11-20)16-19-6-8-22(9-7-19)21-4-2-1-3-5-21/h1-11,13-14H,12,15-18H2,(H2,25,28). The van der Waals surface area contributed by atoms with Gasteiger partial charge in [-0.2, -0.15) is 0 Å². The SMILES string of the molecule is NC(=O)C1(Cc2ccc(-c3ccccc3)cc2)CCN(Cc2ccncc2)C1. The fraction of sp³-hybridized carbons (Fsp3) is 0.250. The van der Waals surface area contributed by atoms with E-state index in [1.807, 2.05) is 30.3 Å².